The number of piperidine rings is 1. The Hall–Kier alpha value is -1.36. The van der Waals surface area contributed by atoms with E-state index in [-0.39, 0.29) is 5.91 Å². The molecule has 1 unspecified atom stereocenters. The molecule has 0 bridgehead atoms. The molecule has 4 nitrogen and oxygen atoms in total. The van der Waals surface area contributed by atoms with E-state index in [2.05, 4.69) is 21.1 Å². The van der Waals surface area contributed by atoms with E-state index in [0.29, 0.717) is 6.42 Å². The monoisotopic (exact) mass is 336 g/mol. The van der Waals surface area contributed by atoms with E-state index in [1.54, 1.807) is 0 Å². The lowest BCUT2D eigenvalue weighted by atomic mass is 10.0. The van der Waals surface area contributed by atoms with Crippen LogP contribution in [0.15, 0.2) is 33.9 Å². The fourth-order valence-corrected chi connectivity index (χ4v) is 3.07. The van der Waals surface area contributed by atoms with Gasteiger partial charge in [-0.05, 0) is 31.4 Å². The molecule has 20 heavy (non-hydrogen) atoms. The molecule has 0 aliphatic carbocycles. The number of oxime groups is 1. The average molecular weight is 337 g/mol. The quantitative estimate of drug-likeness (QED) is 0.833. The number of amides is 1. The van der Waals surface area contributed by atoms with Gasteiger partial charge in [-0.3, -0.25) is 4.79 Å². The smallest absolute Gasteiger partial charge is 0.266 e. The Morgan fingerprint density at radius 1 is 1.30 bits per heavy atom. The normalized spacial score (nSPS) is 22.4. The summed E-state index contributed by atoms with van der Waals surface area (Å²) in [7, 11) is 0. The van der Waals surface area contributed by atoms with Crippen LogP contribution in [-0.4, -0.2) is 35.7 Å². The van der Waals surface area contributed by atoms with Gasteiger partial charge in [0.15, 0.2) is 0 Å². The zero-order chi connectivity index (χ0) is 13.9. The molecule has 0 aromatic heterocycles. The molecule has 3 rings (SSSR count). The summed E-state index contributed by atoms with van der Waals surface area (Å²) in [6.45, 7) is 1.70. The lowest BCUT2D eigenvalue weighted by molar-refractivity contribution is -0.143. The molecule has 1 fully saturated rings. The molecule has 1 saturated heterocycles. The number of halogens is 1. The summed E-state index contributed by atoms with van der Waals surface area (Å²) in [6.07, 6.45) is 3.53. The minimum atomic E-state index is -0.443. The van der Waals surface area contributed by atoms with E-state index in [0.717, 1.165) is 41.7 Å². The summed E-state index contributed by atoms with van der Waals surface area (Å²) in [4.78, 5) is 19.6. The maximum atomic E-state index is 12.4. The van der Waals surface area contributed by atoms with Crippen LogP contribution in [0.2, 0.25) is 0 Å². The van der Waals surface area contributed by atoms with Crippen molar-refractivity contribution in [3.63, 3.8) is 0 Å². The van der Waals surface area contributed by atoms with Crippen molar-refractivity contribution in [1.82, 2.24) is 4.90 Å². The molecule has 5 heteroatoms. The maximum absolute atomic E-state index is 12.4. The van der Waals surface area contributed by atoms with Crippen LogP contribution in [0.5, 0.6) is 0 Å². The second-order valence-electron chi connectivity index (χ2n) is 5.23. The van der Waals surface area contributed by atoms with E-state index >= 15 is 0 Å². The number of likely N-dealkylation sites (tertiary alicyclic amines) is 1. The Balaban J connectivity index is 1.65. The summed E-state index contributed by atoms with van der Waals surface area (Å²) >= 11 is 3.44. The predicted molar refractivity (Wildman–Crippen MR) is 80.6 cm³/mol. The van der Waals surface area contributed by atoms with Crippen LogP contribution < -0.4 is 0 Å². The number of nitrogens with zero attached hydrogens (tertiary/aromatic N) is 2. The van der Waals surface area contributed by atoms with Crippen molar-refractivity contribution < 1.29 is 9.63 Å². The molecule has 2 heterocycles. The highest BCUT2D eigenvalue weighted by Gasteiger charge is 2.32. The number of rotatable bonds is 2. The minimum Gasteiger partial charge on any atom is -0.382 e. The Morgan fingerprint density at radius 3 is 2.85 bits per heavy atom. The Morgan fingerprint density at radius 2 is 2.10 bits per heavy atom. The highest BCUT2D eigenvalue weighted by molar-refractivity contribution is 9.10. The lowest BCUT2D eigenvalue weighted by Gasteiger charge is -2.28. The first kappa shape index (κ1) is 13.6. The van der Waals surface area contributed by atoms with Crippen molar-refractivity contribution in [1.29, 1.82) is 0 Å². The fourth-order valence-electron chi connectivity index (χ4n) is 2.67. The first-order valence-electron chi connectivity index (χ1n) is 7.01. The minimum absolute atomic E-state index is 0.0819. The van der Waals surface area contributed by atoms with Crippen molar-refractivity contribution in [2.24, 2.45) is 5.16 Å². The first-order chi connectivity index (χ1) is 9.74. The van der Waals surface area contributed by atoms with Gasteiger partial charge in [0.05, 0.1) is 5.71 Å². The number of carbonyl (C=O) groups excluding carboxylic acids is 1. The van der Waals surface area contributed by atoms with E-state index in [4.69, 9.17) is 4.84 Å². The third-order valence-electron chi connectivity index (χ3n) is 3.77. The fraction of sp³-hybridized carbons (Fsp3) is 0.467. The molecular weight excluding hydrogens is 320 g/mol. The van der Waals surface area contributed by atoms with Crippen LogP contribution in [-0.2, 0) is 9.63 Å². The second kappa shape index (κ2) is 5.95. The molecule has 106 valence electrons. The van der Waals surface area contributed by atoms with Gasteiger partial charge < -0.3 is 9.74 Å². The molecule has 0 N–H and O–H groups in total. The number of carbonyl (C=O) groups is 1. The molecule has 0 spiro atoms. The number of hydrogen-bond donors (Lipinski definition) is 0. The van der Waals surface area contributed by atoms with Gasteiger partial charge in [0.25, 0.3) is 5.91 Å². The predicted octanol–water partition coefficient (Wildman–Crippen LogP) is 2.95. The third kappa shape index (κ3) is 2.87. The van der Waals surface area contributed by atoms with Crippen LogP contribution >= 0.6 is 15.9 Å². The van der Waals surface area contributed by atoms with Crippen LogP contribution in [0.1, 0.15) is 31.2 Å². The van der Waals surface area contributed by atoms with Gasteiger partial charge in [0, 0.05) is 29.5 Å². The molecule has 2 aliphatic heterocycles. The van der Waals surface area contributed by atoms with Gasteiger partial charge in [-0.25, -0.2) is 0 Å². The molecule has 1 aromatic rings. The maximum Gasteiger partial charge on any atom is 0.266 e. The first-order valence-corrected chi connectivity index (χ1v) is 7.81. The average Bonchev–Trinajstić information content (AvgIpc) is 2.97. The molecule has 1 amide bonds. The molecule has 0 radical (unpaired) electrons. The Labute approximate surface area is 126 Å². The molecule has 1 aromatic carbocycles. The van der Waals surface area contributed by atoms with Crippen molar-refractivity contribution in [2.75, 3.05) is 13.1 Å². The van der Waals surface area contributed by atoms with Crippen LogP contribution in [0.3, 0.4) is 0 Å². The number of hydrogen-bond acceptors (Lipinski definition) is 3. The number of benzene rings is 1. The van der Waals surface area contributed by atoms with Crippen molar-refractivity contribution >= 4 is 27.5 Å². The van der Waals surface area contributed by atoms with Gasteiger partial charge in [-0.1, -0.05) is 33.2 Å². The highest BCUT2D eigenvalue weighted by atomic mass is 79.9. The van der Waals surface area contributed by atoms with E-state index in [1.807, 2.05) is 29.2 Å². The van der Waals surface area contributed by atoms with Gasteiger partial charge in [-0.15, -0.1) is 0 Å². The summed E-state index contributed by atoms with van der Waals surface area (Å²) in [5.74, 6) is 0.0819. The zero-order valence-electron chi connectivity index (χ0n) is 11.2. The second-order valence-corrected chi connectivity index (χ2v) is 6.15. The summed E-state index contributed by atoms with van der Waals surface area (Å²) in [6, 6.07) is 7.91. The van der Waals surface area contributed by atoms with Gasteiger partial charge in [0.1, 0.15) is 0 Å². The largest absolute Gasteiger partial charge is 0.382 e. The van der Waals surface area contributed by atoms with Gasteiger partial charge >= 0.3 is 0 Å². The highest BCUT2D eigenvalue weighted by Crippen LogP contribution is 2.22. The molecule has 1 atom stereocenters. The van der Waals surface area contributed by atoms with Crippen LogP contribution in [0.25, 0.3) is 0 Å². The molecular formula is C15H17BrN2O2. The van der Waals surface area contributed by atoms with E-state index in [1.165, 1.54) is 6.42 Å². The third-order valence-corrected chi connectivity index (χ3v) is 4.26. The van der Waals surface area contributed by atoms with Gasteiger partial charge in [-0.2, -0.15) is 0 Å². The van der Waals surface area contributed by atoms with Crippen LogP contribution in [0, 0.1) is 0 Å². The molecule has 2 aliphatic rings. The van der Waals surface area contributed by atoms with Crippen molar-refractivity contribution in [3.8, 4) is 0 Å². The van der Waals surface area contributed by atoms with Gasteiger partial charge in [0.2, 0.25) is 6.10 Å². The SMILES string of the molecule is O=C(C1CC(c2cccc(Br)c2)=NO1)N1CCCCC1. The van der Waals surface area contributed by atoms with Crippen molar-refractivity contribution in [2.45, 2.75) is 31.8 Å². The standard InChI is InChI=1S/C15H17BrN2O2/c16-12-6-4-5-11(9-12)13-10-14(20-17-13)15(19)18-7-2-1-3-8-18/h4-6,9,14H,1-3,7-8,10H2. The summed E-state index contributed by atoms with van der Waals surface area (Å²) in [5.41, 5.74) is 1.86. The molecule has 0 saturated carbocycles. The summed E-state index contributed by atoms with van der Waals surface area (Å²) in [5, 5.41) is 4.09. The topological polar surface area (TPSA) is 41.9 Å². The van der Waals surface area contributed by atoms with E-state index in [9.17, 15) is 4.79 Å². The summed E-state index contributed by atoms with van der Waals surface area (Å²) < 4.78 is 1.00. The van der Waals surface area contributed by atoms with E-state index < -0.39 is 6.10 Å². The lowest BCUT2D eigenvalue weighted by Crippen LogP contribution is -2.42. The Bertz CT molecular complexity index is 538. The zero-order valence-corrected chi connectivity index (χ0v) is 12.8. The van der Waals surface area contributed by atoms with Crippen molar-refractivity contribution in [3.05, 3.63) is 34.3 Å². The van der Waals surface area contributed by atoms with Crippen LogP contribution in [0.4, 0.5) is 0 Å². The Kier molecular flexibility index (Phi) is 4.05.